The van der Waals surface area contributed by atoms with Crippen LogP contribution in [0.1, 0.15) is 15.9 Å². The molecule has 4 nitrogen and oxygen atoms in total. The third-order valence-electron chi connectivity index (χ3n) is 2.55. The number of carbonyl (C=O) groups excluding carboxylic acids is 1. The number of phenolic OH excluding ortho intramolecular Hbond substituents is 1. The van der Waals surface area contributed by atoms with Gasteiger partial charge in [-0.1, -0.05) is 34.1 Å². The van der Waals surface area contributed by atoms with E-state index in [0.29, 0.717) is 0 Å². The van der Waals surface area contributed by atoms with Crippen molar-refractivity contribution >= 4 is 27.6 Å². The van der Waals surface area contributed by atoms with Crippen molar-refractivity contribution in [3.63, 3.8) is 0 Å². The fraction of sp³-hybridized carbons (Fsp3) is 0.0714. The second-order valence-electron chi connectivity index (χ2n) is 3.95. The van der Waals surface area contributed by atoms with Crippen molar-refractivity contribution in [2.24, 2.45) is 0 Å². The summed E-state index contributed by atoms with van der Waals surface area (Å²) in [6.07, 6.45) is 0. The summed E-state index contributed by atoms with van der Waals surface area (Å²) in [4.78, 5) is 11.8. The molecule has 0 fully saturated rings. The highest BCUT2D eigenvalue weighted by atomic mass is 79.9. The number of rotatable bonds is 3. The van der Waals surface area contributed by atoms with Crippen LogP contribution in [0.4, 0.5) is 5.69 Å². The summed E-state index contributed by atoms with van der Waals surface area (Å²) in [6, 6.07) is 12.0. The highest BCUT2D eigenvalue weighted by molar-refractivity contribution is 9.10. The summed E-state index contributed by atoms with van der Waals surface area (Å²) >= 11 is 3.34. The van der Waals surface area contributed by atoms with Crippen LogP contribution in [0.2, 0.25) is 0 Å². The van der Waals surface area contributed by atoms with Crippen molar-refractivity contribution in [1.82, 2.24) is 0 Å². The van der Waals surface area contributed by atoms with Gasteiger partial charge in [0.2, 0.25) is 0 Å². The molecule has 0 aromatic heterocycles. The highest BCUT2D eigenvalue weighted by Gasteiger charge is 2.14. The molecule has 2 rings (SSSR count). The predicted octanol–water partition coefficient (Wildman–Crippen LogP) is 3.09. The zero-order valence-corrected chi connectivity index (χ0v) is 11.6. The molecule has 98 valence electrons. The summed E-state index contributed by atoms with van der Waals surface area (Å²) in [7, 11) is 0. The summed E-state index contributed by atoms with van der Waals surface area (Å²) in [5.74, 6) is -0.855. The molecule has 3 N–H and O–H groups in total. The van der Waals surface area contributed by atoms with Crippen molar-refractivity contribution in [2.45, 2.75) is 6.61 Å². The Bertz CT molecular complexity index is 613. The van der Waals surface area contributed by atoms with Crippen molar-refractivity contribution in [2.75, 3.05) is 5.73 Å². The Morgan fingerprint density at radius 2 is 2.00 bits per heavy atom. The second kappa shape index (κ2) is 5.75. The van der Waals surface area contributed by atoms with E-state index in [1.54, 1.807) is 6.07 Å². The maximum absolute atomic E-state index is 11.8. The van der Waals surface area contributed by atoms with E-state index in [4.69, 9.17) is 10.5 Å². The fourth-order valence-corrected chi connectivity index (χ4v) is 2.03. The smallest absolute Gasteiger partial charge is 0.342 e. The van der Waals surface area contributed by atoms with E-state index < -0.39 is 5.97 Å². The number of para-hydroxylation sites is 1. The van der Waals surface area contributed by atoms with Gasteiger partial charge in [0, 0.05) is 4.47 Å². The van der Waals surface area contributed by atoms with Crippen molar-refractivity contribution < 1.29 is 14.6 Å². The number of carbonyl (C=O) groups is 1. The summed E-state index contributed by atoms with van der Waals surface area (Å²) in [6.45, 7) is 0.131. The molecule has 0 saturated heterocycles. The third kappa shape index (κ3) is 3.26. The van der Waals surface area contributed by atoms with Crippen LogP contribution in [0.15, 0.2) is 46.9 Å². The number of ether oxygens (including phenoxy) is 1. The predicted molar refractivity (Wildman–Crippen MR) is 75.8 cm³/mol. The first-order chi connectivity index (χ1) is 9.08. The molecule has 0 aliphatic heterocycles. The van der Waals surface area contributed by atoms with Crippen molar-refractivity contribution in [3.8, 4) is 5.75 Å². The number of phenols is 1. The van der Waals surface area contributed by atoms with Crippen molar-refractivity contribution in [1.29, 1.82) is 0 Å². The molecule has 0 saturated carbocycles. The number of benzene rings is 2. The van der Waals surface area contributed by atoms with E-state index in [9.17, 15) is 9.90 Å². The lowest BCUT2D eigenvalue weighted by atomic mass is 10.2. The molecule has 2 aromatic carbocycles. The van der Waals surface area contributed by atoms with Crippen LogP contribution in [0.5, 0.6) is 5.75 Å². The van der Waals surface area contributed by atoms with Crippen molar-refractivity contribution in [3.05, 3.63) is 58.1 Å². The highest BCUT2D eigenvalue weighted by Crippen LogP contribution is 2.25. The first-order valence-electron chi connectivity index (χ1n) is 5.57. The number of esters is 1. The number of aromatic hydroxyl groups is 1. The van der Waals surface area contributed by atoms with Crippen LogP contribution >= 0.6 is 15.9 Å². The van der Waals surface area contributed by atoms with Gasteiger partial charge >= 0.3 is 5.97 Å². The third-order valence-corrected chi connectivity index (χ3v) is 3.04. The fourth-order valence-electron chi connectivity index (χ4n) is 1.58. The lowest BCUT2D eigenvalue weighted by molar-refractivity contribution is 0.0469. The molecule has 5 heteroatoms. The van der Waals surface area contributed by atoms with Gasteiger partial charge in [-0.2, -0.15) is 0 Å². The van der Waals surface area contributed by atoms with Crippen LogP contribution in [0.3, 0.4) is 0 Å². The SMILES string of the molecule is Nc1cccc(C(=O)OCc2cccc(Br)c2)c1O. The van der Waals surface area contributed by atoms with Gasteiger partial charge in [0.05, 0.1) is 5.69 Å². The zero-order chi connectivity index (χ0) is 13.8. The monoisotopic (exact) mass is 321 g/mol. The molecule has 19 heavy (non-hydrogen) atoms. The zero-order valence-electron chi connectivity index (χ0n) is 9.97. The number of hydrogen-bond acceptors (Lipinski definition) is 4. The minimum absolute atomic E-state index is 0.0648. The number of nitrogen functional groups attached to an aromatic ring is 1. The molecule has 0 aliphatic carbocycles. The largest absolute Gasteiger partial charge is 0.505 e. The number of nitrogens with two attached hydrogens (primary N) is 1. The van der Waals surface area contributed by atoms with Gasteiger partial charge in [-0.05, 0) is 29.8 Å². The Hall–Kier alpha value is -2.01. The number of hydrogen-bond donors (Lipinski definition) is 2. The Morgan fingerprint density at radius 3 is 2.74 bits per heavy atom. The minimum atomic E-state index is -0.607. The number of anilines is 1. The molecule has 0 heterocycles. The molecule has 0 aliphatic rings. The Balaban J connectivity index is 2.08. The first kappa shape index (κ1) is 13.4. The van der Waals surface area contributed by atoms with Crippen LogP contribution in [0, 0.1) is 0 Å². The van der Waals surface area contributed by atoms with Gasteiger partial charge in [0.15, 0.2) is 5.75 Å². The lowest BCUT2D eigenvalue weighted by Gasteiger charge is -2.08. The Morgan fingerprint density at radius 1 is 1.26 bits per heavy atom. The maximum atomic E-state index is 11.8. The van der Waals surface area contributed by atoms with E-state index in [2.05, 4.69) is 15.9 Å². The quantitative estimate of drug-likeness (QED) is 0.517. The molecule has 0 amide bonds. The maximum Gasteiger partial charge on any atom is 0.342 e. The summed E-state index contributed by atoms with van der Waals surface area (Å²) in [5, 5.41) is 9.68. The Labute approximate surface area is 118 Å². The molecular formula is C14H12BrNO3. The molecule has 2 aromatic rings. The standard InChI is InChI=1S/C14H12BrNO3/c15-10-4-1-3-9(7-10)8-19-14(18)11-5-2-6-12(16)13(11)17/h1-7,17H,8,16H2. The minimum Gasteiger partial charge on any atom is -0.505 e. The summed E-state index contributed by atoms with van der Waals surface area (Å²) < 4.78 is 6.04. The Kier molecular flexibility index (Phi) is 4.06. The first-order valence-corrected chi connectivity index (χ1v) is 6.36. The van der Waals surface area contributed by atoms with Gasteiger partial charge in [-0.3, -0.25) is 0 Å². The average molecular weight is 322 g/mol. The second-order valence-corrected chi connectivity index (χ2v) is 4.87. The molecular weight excluding hydrogens is 310 g/mol. The molecule has 0 atom stereocenters. The van der Waals surface area contributed by atoms with Crippen LogP contribution in [0.25, 0.3) is 0 Å². The number of halogens is 1. The van der Waals surface area contributed by atoms with E-state index in [-0.39, 0.29) is 23.6 Å². The van der Waals surface area contributed by atoms with Crippen LogP contribution in [-0.4, -0.2) is 11.1 Å². The molecule has 0 radical (unpaired) electrons. The normalized spacial score (nSPS) is 10.2. The topological polar surface area (TPSA) is 72.6 Å². The van der Waals surface area contributed by atoms with Crippen LogP contribution in [-0.2, 0) is 11.3 Å². The van der Waals surface area contributed by atoms with Gasteiger partial charge in [0.25, 0.3) is 0 Å². The molecule has 0 unspecified atom stereocenters. The van der Waals surface area contributed by atoms with Gasteiger partial charge in [0.1, 0.15) is 12.2 Å². The van der Waals surface area contributed by atoms with E-state index in [1.807, 2.05) is 24.3 Å². The van der Waals surface area contributed by atoms with E-state index >= 15 is 0 Å². The van der Waals surface area contributed by atoms with Crippen LogP contribution < -0.4 is 5.73 Å². The lowest BCUT2D eigenvalue weighted by Crippen LogP contribution is -2.06. The van der Waals surface area contributed by atoms with Gasteiger partial charge in [-0.15, -0.1) is 0 Å². The van der Waals surface area contributed by atoms with Gasteiger partial charge < -0.3 is 15.6 Å². The van der Waals surface area contributed by atoms with E-state index in [0.717, 1.165) is 10.0 Å². The van der Waals surface area contributed by atoms with E-state index in [1.165, 1.54) is 12.1 Å². The summed E-state index contributed by atoms with van der Waals surface area (Å²) in [5.41, 5.74) is 6.59. The molecule has 0 spiro atoms. The molecule has 0 bridgehead atoms. The average Bonchev–Trinajstić information content (AvgIpc) is 2.39. The van der Waals surface area contributed by atoms with Gasteiger partial charge in [-0.25, -0.2) is 4.79 Å².